The number of pyridine rings is 1. The fourth-order valence-corrected chi connectivity index (χ4v) is 2.71. The first-order chi connectivity index (χ1) is 11.9. The fraction of sp³-hybridized carbons (Fsp3) is 0.118. The van der Waals surface area contributed by atoms with E-state index in [0.717, 1.165) is 12.1 Å². The standard InChI is InChI=1S/C17H11F3N2O2S/c1-25-15-12(3-2-8-21-15)14-22-13(16(23)24-14)9-10-4-6-11(7-5-10)17(18,19)20/h2-9H,1H3. The van der Waals surface area contributed by atoms with Crippen LogP contribution >= 0.6 is 11.8 Å². The van der Waals surface area contributed by atoms with Crippen molar-refractivity contribution < 1.29 is 22.7 Å². The number of aromatic nitrogens is 1. The quantitative estimate of drug-likeness (QED) is 0.466. The molecule has 1 aliphatic rings. The maximum absolute atomic E-state index is 12.6. The summed E-state index contributed by atoms with van der Waals surface area (Å²) in [7, 11) is 0. The summed E-state index contributed by atoms with van der Waals surface area (Å²) in [5.41, 5.74) is 0.263. The van der Waals surface area contributed by atoms with E-state index >= 15 is 0 Å². The summed E-state index contributed by atoms with van der Waals surface area (Å²) < 4.78 is 42.9. The number of thioether (sulfide) groups is 1. The molecule has 0 spiro atoms. The number of alkyl halides is 3. The lowest BCUT2D eigenvalue weighted by Crippen LogP contribution is -2.07. The molecule has 0 saturated heterocycles. The summed E-state index contributed by atoms with van der Waals surface area (Å²) in [4.78, 5) is 20.3. The summed E-state index contributed by atoms with van der Waals surface area (Å²) in [6, 6.07) is 7.87. The molecule has 25 heavy (non-hydrogen) atoms. The molecule has 1 aromatic carbocycles. The summed E-state index contributed by atoms with van der Waals surface area (Å²) in [5.74, 6) is -0.536. The topological polar surface area (TPSA) is 51.5 Å². The molecule has 4 nitrogen and oxygen atoms in total. The molecule has 1 aromatic heterocycles. The van der Waals surface area contributed by atoms with Crippen LogP contribution in [0.15, 0.2) is 58.3 Å². The van der Waals surface area contributed by atoms with Gasteiger partial charge in [-0.3, -0.25) is 0 Å². The molecule has 0 atom stereocenters. The van der Waals surface area contributed by atoms with E-state index in [-0.39, 0.29) is 11.6 Å². The van der Waals surface area contributed by atoms with Gasteiger partial charge in [0, 0.05) is 6.20 Å². The van der Waals surface area contributed by atoms with E-state index in [1.165, 1.54) is 30.0 Å². The van der Waals surface area contributed by atoms with Gasteiger partial charge in [0.05, 0.1) is 11.1 Å². The van der Waals surface area contributed by atoms with E-state index < -0.39 is 17.7 Å². The number of ether oxygens (including phenoxy) is 1. The molecule has 2 heterocycles. The molecule has 1 aliphatic heterocycles. The number of rotatable bonds is 3. The minimum atomic E-state index is -4.40. The van der Waals surface area contributed by atoms with Gasteiger partial charge in [-0.2, -0.15) is 13.2 Å². The van der Waals surface area contributed by atoms with Crippen LogP contribution in [0.5, 0.6) is 0 Å². The van der Waals surface area contributed by atoms with Crippen molar-refractivity contribution in [3.05, 3.63) is 65.0 Å². The fourth-order valence-electron chi connectivity index (χ4n) is 2.17. The molecule has 0 unspecified atom stereocenters. The molecule has 2 aromatic rings. The van der Waals surface area contributed by atoms with Crippen LogP contribution in [0, 0.1) is 0 Å². The Balaban J connectivity index is 1.91. The third kappa shape index (κ3) is 3.74. The van der Waals surface area contributed by atoms with Crippen LogP contribution in [-0.4, -0.2) is 23.1 Å². The molecule has 3 rings (SSSR count). The van der Waals surface area contributed by atoms with Gasteiger partial charge in [-0.25, -0.2) is 14.8 Å². The van der Waals surface area contributed by atoms with Crippen LogP contribution in [0.2, 0.25) is 0 Å². The second-order valence-corrected chi connectivity index (χ2v) is 5.81. The zero-order valence-corrected chi connectivity index (χ0v) is 13.7. The highest BCUT2D eigenvalue weighted by Crippen LogP contribution is 2.30. The number of cyclic esters (lactones) is 1. The van der Waals surface area contributed by atoms with Gasteiger partial charge in [-0.05, 0) is 42.2 Å². The predicted octanol–water partition coefficient (Wildman–Crippen LogP) is 4.17. The monoisotopic (exact) mass is 364 g/mol. The van der Waals surface area contributed by atoms with E-state index in [4.69, 9.17) is 4.74 Å². The number of hydrogen-bond donors (Lipinski definition) is 0. The highest BCUT2D eigenvalue weighted by molar-refractivity contribution is 7.98. The number of halogens is 3. The molecular formula is C17H11F3N2O2S. The van der Waals surface area contributed by atoms with Gasteiger partial charge >= 0.3 is 12.1 Å². The SMILES string of the molecule is CSc1ncccc1C1=NC(=Cc2ccc(C(F)(F)F)cc2)C(=O)O1. The number of nitrogens with zero attached hydrogens (tertiary/aromatic N) is 2. The molecule has 8 heteroatoms. The molecule has 128 valence electrons. The molecule has 0 aliphatic carbocycles. The van der Waals surface area contributed by atoms with E-state index in [0.29, 0.717) is 16.2 Å². The van der Waals surface area contributed by atoms with Crippen molar-refractivity contribution >= 4 is 29.7 Å². The second kappa shape index (κ2) is 6.72. The Morgan fingerprint density at radius 2 is 1.88 bits per heavy atom. The number of benzene rings is 1. The number of hydrogen-bond acceptors (Lipinski definition) is 5. The number of carbonyl (C=O) groups excluding carboxylic acids is 1. The Labute approximate surface area is 145 Å². The highest BCUT2D eigenvalue weighted by atomic mass is 32.2. The number of carbonyl (C=O) groups is 1. The minimum Gasteiger partial charge on any atom is -0.402 e. The normalized spacial score (nSPS) is 16.1. The summed E-state index contributed by atoms with van der Waals surface area (Å²) in [6.45, 7) is 0. The van der Waals surface area contributed by atoms with Crippen molar-refractivity contribution in [3.63, 3.8) is 0 Å². The molecule has 0 saturated carbocycles. The van der Waals surface area contributed by atoms with Crippen molar-refractivity contribution in [1.82, 2.24) is 4.98 Å². The van der Waals surface area contributed by atoms with Crippen LogP contribution in [0.3, 0.4) is 0 Å². The van der Waals surface area contributed by atoms with Crippen LogP contribution in [0.25, 0.3) is 6.08 Å². The van der Waals surface area contributed by atoms with Crippen molar-refractivity contribution in [1.29, 1.82) is 0 Å². The van der Waals surface area contributed by atoms with Crippen LogP contribution in [0.4, 0.5) is 13.2 Å². The lowest BCUT2D eigenvalue weighted by Gasteiger charge is -2.05. The maximum atomic E-state index is 12.6. The Bertz CT molecular complexity index is 874. The van der Waals surface area contributed by atoms with Crippen LogP contribution in [0.1, 0.15) is 16.7 Å². The van der Waals surface area contributed by atoms with Crippen molar-refractivity contribution in [3.8, 4) is 0 Å². The number of esters is 1. The van der Waals surface area contributed by atoms with Crippen molar-refractivity contribution in [2.24, 2.45) is 4.99 Å². The van der Waals surface area contributed by atoms with Gasteiger partial charge in [0.1, 0.15) is 5.03 Å². The van der Waals surface area contributed by atoms with E-state index in [9.17, 15) is 18.0 Å². The average molecular weight is 364 g/mol. The second-order valence-electron chi connectivity index (χ2n) is 5.02. The molecule has 0 radical (unpaired) electrons. The van der Waals surface area contributed by atoms with Crippen molar-refractivity contribution in [2.75, 3.05) is 6.26 Å². The van der Waals surface area contributed by atoms with Gasteiger partial charge in [-0.1, -0.05) is 12.1 Å². The lowest BCUT2D eigenvalue weighted by atomic mass is 10.1. The van der Waals surface area contributed by atoms with E-state index in [1.807, 2.05) is 6.26 Å². The Morgan fingerprint density at radius 1 is 1.16 bits per heavy atom. The van der Waals surface area contributed by atoms with Crippen LogP contribution < -0.4 is 0 Å². The van der Waals surface area contributed by atoms with Crippen molar-refractivity contribution in [2.45, 2.75) is 11.2 Å². The Hall–Kier alpha value is -2.61. The molecule has 0 fully saturated rings. The zero-order chi connectivity index (χ0) is 18.0. The molecule has 0 amide bonds. The Morgan fingerprint density at radius 3 is 2.52 bits per heavy atom. The largest absolute Gasteiger partial charge is 0.416 e. The third-order valence-corrected chi connectivity index (χ3v) is 4.07. The highest BCUT2D eigenvalue weighted by Gasteiger charge is 2.30. The van der Waals surface area contributed by atoms with E-state index in [2.05, 4.69) is 9.98 Å². The smallest absolute Gasteiger partial charge is 0.402 e. The summed E-state index contributed by atoms with van der Waals surface area (Å²) in [5, 5.41) is 0.657. The van der Waals surface area contributed by atoms with Gasteiger partial charge in [0.25, 0.3) is 0 Å². The molecule has 0 bridgehead atoms. The average Bonchev–Trinajstić information content (AvgIpc) is 2.95. The predicted molar refractivity (Wildman–Crippen MR) is 88.1 cm³/mol. The first-order valence-electron chi connectivity index (χ1n) is 7.07. The van der Waals surface area contributed by atoms with E-state index in [1.54, 1.807) is 18.3 Å². The summed E-state index contributed by atoms with van der Waals surface area (Å²) >= 11 is 1.38. The summed E-state index contributed by atoms with van der Waals surface area (Å²) in [6.07, 6.45) is 0.427. The number of aliphatic imine (C=N–C) groups is 1. The van der Waals surface area contributed by atoms with Gasteiger partial charge in [0.15, 0.2) is 5.70 Å². The zero-order valence-electron chi connectivity index (χ0n) is 12.9. The first-order valence-corrected chi connectivity index (χ1v) is 8.30. The lowest BCUT2D eigenvalue weighted by molar-refractivity contribution is -0.137. The van der Waals surface area contributed by atoms with Crippen LogP contribution in [-0.2, 0) is 15.7 Å². The molecule has 0 N–H and O–H groups in total. The molecular weight excluding hydrogens is 353 g/mol. The third-order valence-electron chi connectivity index (χ3n) is 3.36. The minimum absolute atomic E-state index is 0.0191. The van der Waals surface area contributed by atoms with Gasteiger partial charge < -0.3 is 4.74 Å². The Kier molecular flexibility index (Phi) is 4.63. The van der Waals surface area contributed by atoms with Gasteiger partial charge in [-0.15, -0.1) is 11.8 Å². The maximum Gasteiger partial charge on any atom is 0.416 e. The first kappa shape index (κ1) is 17.2. The van der Waals surface area contributed by atoms with Gasteiger partial charge in [0.2, 0.25) is 5.90 Å².